The van der Waals surface area contributed by atoms with Gasteiger partial charge in [-0.1, -0.05) is 23.2 Å². The molecule has 0 aliphatic carbocycles. The van der Waals surface area contributed by atoms with E-state index in [0.29, 0.717) is 9.36 Å². The molecule has 4 aromatic rings. The van der Waals surface area contributed by atoms with Crippen molar-refractivity contribution in [3.8, 4) is 17.4 Å². The van der Waals surface area contributed by atoms with Crippen LogP contribution in [0, 0.1) is 12.7 Å². The number of aliphatic carboxylic acids is 1. The van der Waals surface area contributed by atoms with Crippen molar-refractivity contribution in [2.75, 3.05) is 39.0 Å². The van der Waals surface area contributed by atoms with Crippen LogP contribution in [0.3, 0.4) is 0 Å². The molecule has 1 unspecified atom stereocenters. The smallest absolute Gasteiger partial charge is 0.355 e. The van der Waals surface area contributed by atoms with Crippen LogP contribution in [0.5, 0.6) is 11.8 Å². The Morgan fingerprint density at radius 3 is 2.08 bits per heavy atom. The first-order chi connectivity index (χ1) is 29.2. The molecule has 0 saturated carbocycles. The van der Waals surface area contributed by atoms with Crippen LogP contribution < -0.4 is 30.5 Å². The summed E-state index contributed by atoms with van der Waals surface area (Å²) in [5, 5.41) is 25.9. The fourth-order valence-electron chi connectivity index (χ4n) is 4.51. The summed E-state index contributed by atoms with van der Waals surface area (Å²) in [6.45, 7) is -0.635. The zero-order valence-electron chi connectivity index (χ0n) is 32.7. The fraction of sp³-hybridized carbons (Fsp3) is 0.367. The molecule has 348 valence electrons. The van der Waals surface area contributed by atoms with Gasteiger partial charge >= 0.3 is 43.8 Å². The van der Waals surface area contributed by atoms with E-state index in [1.54, 1.807) is 11.6 Å². The molecule has 0 spiro atoms. The number of benzene rings is 1. The number of carbonyl (C=O) groups excluding carboxylic acids is 2. The summed E-state index contributed by atoms with van der Waals surface area (Å²) >= 11 is 17.5. The second kappa shape index (κ2) is 23.2. The maximum atomic E-state index is 14.2. The van der Waals surface area contributed by atoms with Gasteiger partial charge in [0, 0.05) is 18.5 Å². The van der Waals surface area contributed by atoms with Gasteiger partial charge in [-0.2, -0.15) is 36.9 Å². The highest BCUT2D eigenvalue weighted by Crippen LogP contribution is 2.32. The van der Waals surface area contributed by atoms with Gasteiger partial charge < -0.3 is 34.2 Å². The van der Waals surface area contributed by atoms with E-state index in [1.807, 2.05) is 0 Å². The van der Waals surface area contributed by atoms with Crippen LogP contribution in [0.4, 0.5) is 23.9 Å². The van der Waals surface area contributed by atoms with Crippen LogP contribution in [-0.4, -0.2) is 125 Å². The Kier molecular flexibility index (Phi) is 19.8. The predicted octanol–water partition coefficient (Wildman–Crippen LogP) is 2.13. The van der Waals surface area contributed by atoms with Gasteiger partial charge in [0.1, 0.15) is 22.5 Å². The van der Waals surface area contributed by atoms with Crippen molar-refractivity contribution in [1.29, 1.82) is 0 Å². The molecule has 1 atom stereocenters. The number of hydrogen-bond acceptors (Lipinski definition) is 16. The lowest BCUT2D eigenvalue weighted by molar-refractivity contribution is -0.142. The van der Waals surface area contributed by atoms with Crippen molar-refractivity contribution in [3.05, 3.63) is 61.6 Å². The molecule has 7 N–H and O–H groups in total. The number of nitrogens with one attached hydrogen (secondary N) is 3. The average Bonchev–Trinajstić information content (AvgIpc) is 3.65. The third-order valence-electron chi connectivity index (χ3n) is 7.03. The Hall–Kier alpha value is -5.55. The molecule has 33 heteroatoms. The molecular formula is C30H35Cl3F3N10O15PS. The third kappa shape index (κ3) is 15.6. The average molecular weight is 1000 g/mol. The number of nitrogens with zero attached hydrogens (tertiary/aromatic N) is 7. The van der Waals surface area contributed by atoms with Crippen LogP contribution in [0.2, 0.25) is 10.2 Å². The van der Waals surface area contributed by atoms with Gasteiger partial charge in [0.15, 0.2) is 16.0 Å². The van der Waals surface area contributed by atoms with E-state index in [4.69, 9.17) is 69.0 Å². The molecule has 0 fully saturated rings. The summed E-state index contributed by atoms with van der Waals surface area (Å²) in [5.74, 6) is -4.92. The standard InChI is InChI=1S/C15H14Cl2F3N3O3.C12H13ClN6O7S.C3H8NO5P/c1-3-26-13(24)10(17)4-8-5-12(11(18)6-9(8)16)23-15(25)22(14(19)20)7(2)21-23;1-19-9(7(10(20)21)8(13)17-19)27(23,24)18-12(22)16-11-14-5(25-2)4-6(15-11)26-3;5-3(6)1-4-2-10(7,8)9/h5-6,10,14H,3-4H2,1-2H3;4H,1-3H3,(H,20,21)(H2,14,15,16,18,22);4H,1-2H2,(H,5,6)(H2,7,8,9). The number of carboxylic acid groups (broad SMARTS) is 2. The van der Waals surface area contributed by atoms with Crippen LogP contribution in [0.25, 0.3) is 5.69 Å². The molecule has 3 heterocycles. The number of urea groups is 1. The summed E-state index contributed by atoms with van der Waals surface area (Å²) in [6.07, 6.45) is -0.713. The predicted molar refractivity (Wildman–Crippen MR) is 211 cm³/mol. The molecule has 0 radical (unpaired) electrons. The maximum Gasteiger partial charge on any atom is 0.355 e. The van der Waals surface area contributed by atoms with E-state index >= 15 is 0 Å². The molecule has 0 aliphatic heterocycles. The number of carbonyl (C=O) groups is 4. The largest absolute Gasteiger partial charge is 0.481 e. The van der Waals surface area contributed by atoms with Crippen molar-refractivity contribution in [2.45, 2.75) is 37.2 Å². The maximum absolute atomic E-state index is 14.2. The van der Waals surface area contributed by atoms with E-state index in [0.717, 1.165) is 19.2 Å². The molecule has 25 nitrogen and oxygen atoms in total. The first kappa shape index (κ1) is 53.6. The number of halogens is 6. The molecule has 3 aromatic heterocycles. The Bertz CT molecular complexity index is 2520. The van der Waals surface area contributed by atoms with E-state index in [2.05, 4.69) is 30.8 Å². The highest BCUT2D eigenvalue weighted by atomic mass is 35.5. The number of aromatic nitrogens is 7. The quantitative estimate of drug-likeness (QED) is 0.0480. The van der Waals surface area contributed by atoms with E-state index in [9.17, 15) is 50.1 Å². The second-order valence-electron chi connectivity index (χ2n) is 11.6. The monoisotopic (exact) mass is 1000 g/mol. The molecule has 0 saturated heterocycles. The molecule has 1 aromatic carbocycles. The minimum Gasteiger partial charge on any atom is -0.481 e. The van der Waals surface area contributed by atoms with Crippen molar-refractivity contribution >= 4 is 82.3 Å². The highest BCUT2D eigenvalue weighted by molar-refractivity contribution is 7.90. The van der Waals surface area contributed by atoms with Gasteiger partial charge in [-0.25, -0.2) is 28.1 Å². The van der Waals surface area contributed by atoms with E-state index in [1.165, 1.54) is 27.2 Å². The van der Waals surface area contributed by atoms with Gasteiger partial charge in [0.05, 0.1) is 39.7 Å². The molecule has 0 aliphatic rings. The summed E-state index contributed by atoms with van der Waals surface area (Å²) in [6, 6.07) is 2.09. The number of ether oxygens (including phenoxy) is 3. The number of anilines is 1. The topological polar surface area (TPSA) is 348 Å². The first-order valence-electron chi connectivity index (χ1n) is 16.7. The summed E-state index contributed by atoms with van der Waals surface area (Å²) in [7, 11) is -4.95. The van der Waals surface area contributed by atoms with E-state index < -0.39 is 93.6 Å². The second-order valence-corrected chi connectivity index (χ2v) is 16.1. The van der Waals surface area contributed by atoms with Gasteiger partial charge in [-0.05, 0) is 31.5 Å². The number of aryl methyl sites for hydroxylation is 2. The van der Waals surface area contributed by atoms with Crippen LogP contribution >= 0.6 is 42.4 Å². The van der Waals surface area contributed by atoms with E-state index in [-0.39, 0.29) is 57.4 Å². The van der Waals surface area contributed by atoms with Crippen molar-refractivity contribution < 1.29 is 79.5 Å². The van der Waals surface area contributed by atoms with Gasteiger partial charge in [-0.15, -0.1) is 16.7 Å². The lowest BCUT2D eigenvalue weighted by Gasteiger charge is -2.12. The number of rotatable bonds is 16. The SMILES string of the molecule is CCOC(=O)C(Cl)Cc1cc(-n2nc(C)n(C(F)F)c2=O)c(F)cc1Cl.COc1cc(OC)nc(NC(=O)NS(=O)(=O)c2c(C(=O)O)c(Cl)nn2C)n1.O=C(O)CNCP(=O)(O)O. The lowest BCUT2D eigenvalue weighted by atomic mass is 10.1. The number of hydrogen-bond donors (Lipinski definition) is 7. The van der Waals surface area contributed by atoms with Crippen molar-refractivity contribution in [1.82, 2.24) is 44.1 Å². The highest BCUT2D eigenvalue weighted by Gasteiger charge is 2.32. The van der Waals surface area contributed by atoms with Crippen molar-refractivity contribution in [2.24, 2.45) is 7.05 Å². The minimum atomic E-state index is -4.64. The number of aromatic carboxylic acids is 1. The summed E-state index contributed by atoms with van der Waals surface area (Å²) in [4.78, 5) is 80.7. The van der Waals surface area contributed by atoms with Crippen LogP contribution in [0.15, 0.2) is 28.0 Å². The number of carboxylic acids is 2. The van der Waals surface area contributed by atoms with Crippen LogP contribution in [0.1, 0.15) is 35.2 Å². The minimum absolute atomic E-state index is 0.0424. The van der Waals surface area contributed by atoms with Gasteiger partial charge in [-0.3, -0.25) is 29.5 Å². The molecule has 4 rings (SSSR count). The van der Waals surface area contributed by atoms with Gasteiger partial charge in [0.2, 0.25) is 17.7 Å². The fourth-order valence-corrected chi connectivity index (χ4v) is 6.94. The Labute approximate surface area is 367 Å². The number of methoxy groups -OCH3 is 2. The third-order valence-corrected chi connectivity index (χ3v) is 10.0. The zero-order chi connectivity index (χ0) is 48.1. The molecular weight excluding hydrogens is 967 g/mol. The summed E-state index contributed by atoms with van der Waals surface area (Å²) in [5.41, 5.74) is -2.15. The molecule has 0 bridgehead atoms. The Balaban J connectivity index is 0.000000358. The van der Waals surface area contributed by atoms with Crippen LogP contribution in [-0.2, 0) is 42.4 Å². The zero-order valence-corrected chi connectivity index (χ0v) is 36.7. The number of alkyl halides is 3. The normalized spacial score (nSPS) is 11.7. The van der Waals surface area contributed by atoms with Crippen molar-refractivity contribution in [3.63, 3.8) is 0 Å². The summed E-state index contributed by atoms with van der Waals surface area (Å²) < 4.78 is 92.5. The lowest BCUT2D eigenvalue weighted by Crippen LogP contribution is -2.36. The number of sulfonamides is 1. The molecule has 63 heavy (non-hydrogen) atoms. The Morgan fingerprint density at radius 2 is 1.60 bits per heavy atom. The van der Waals surface area contributed by atoms with Gasteiger partial charge in [0.25, 0.3) is 10.0 Å². The first-order valence-corrected chi connectivity index (χ1v) is 21.1. The number of amides is 2. The Morgan fingerprint density at radius 1 is 1.02 bits per heavy atom. The number of esters is 1. The molecule has 2 amide bonds.